The minimum absolute atomic E-state index is 0.0718. The van der Waals surface area contributed by atoms with Crippen LogP contribution in [0.1, 0.15) is 16.5 Å². The smallest absolute Gasteiger partial charge is 0.0679 e. The van der Waals surface area contributed by atoms with E-state index >= 15 is 0 Å². The van der Waals surface area contributed by atoms with Gasteiger partial charge in [-0.05, 0) is 24.6 Å². The van der Waals surface area contributed by atoms with Gasteiger partial charge in [0, 0.05) is 10.6 Å². The van der Waals surface area contributed by atoms with Crippen molar-refractivity contribution in [3.63, 3.8) is 0 Å². The molecule has 88 valence electrons. The maximum Gasteiger partial charge on any atom is 0.0679 e. The van der Waals surface area contributed by atoms with Crippen LogP contribution in [0.3, 0.4) is 0 Å². The second-order valence-corrected chi connectivity index (χ2v) is 5.62. The molecule has 0 N–H and O–H groups in total. The molecule has 1 unspecified atom stereocenters. The van der Waals surface area contributed by atoms with Gasteiger partial charge < -0.3 is 0 Å². The van der Waals surface area contributed by atoms with E-state index in [4.69, 9.17) is 11.6 Å². The molecule has 0 aliphatic rings. The Morgan fingerprint density at radius 1 is 1.00 bits per heavy atom. The predicted octanol–water partition coefficient (Wildman–Crippen LogP) is 5.07. The molecule has 0 heterocycles. The molecule has 2 rings (SSSR count). The van der Waals surface area contributed by atoms with Crippen LogP contribution in [-0.4, -0.2) is 5.75 Å². The minimum atomic E-state index is 0.0718. The summed E-state index contributed by atoms with van der Waals surface area (Å²) in [6, 6.07) is 18.8. The summed E-state index contributed by atoms with van der Waals surface area (Å²) in [5.74, 6) is 0.897. The van der Waals surface area contributed by atoms with E-state index in [1.165, 1.54) is 16.0 Å². The first-order valence-corrected chi connectivity index (χ1v) is 7.06. The summed E-state index contributed by atoms with van der Waals surface area (Å²) in [5, 5.41) is 0.0718. The molecule has 0 radical (unpaired) electrons. The maximum absolute atomic E-state index is 6.37. The molecule has 0 amide bonds. The molecule has 0 aliphatic heterocycles. The minimum Gasteiger partial charge on any atom is -0.124 e. The second-order valence-electron chi connectivity index (χ2n) is 4.00. The van der Waals surface area contributed by atoms with E-state index < -0.39 is 0 Å². The predicted molar refractivity (Wildman–Crippen MR) is 76.9 cm³/mol. The van der Waals surface area contributed by atoms with Gasteiger partial charge in [-0.15, -0.1) is 23.4 Å². The van der Waals surface area contributed by atoms with Gasteiger partial charge in [0.1, 0.15) is 0 Å². The number of halogens is 1. The van der Waals surface area contributed by atoms with Crippen molar-refractivity contribution < 1.29 is 0 Å². The van der Waals surface area contributed by atoms with E-state index in [1.807, 2.05) is 18.2 Å². The van der Waals surface area contributed by atoms with Crippen LogP contribution < -0.4 is 0 Å². The van der Waals surface area contributed by atoms with Crippen LogP contribution in [0.15, 0.2) is 59.5 Å². The Morgan fingerprint density at radius 3 is 2.29 bits per heavy atom. The van der Waals surface area contributed by atoms with E-state index in [1.54, 1.807) is 11.8 Å². The van der Waals surface area contributed by atoms with E-state index in [9.17, 15) is 0 Å². The molecule has 0 spiro atoms. The summed E-state index contributed by atoms with van der Waals surface area (Å²) >= 11 is 8.17. The molecule has 0 aromatic heterocycles. The van der Waals surface area contributed by atoms with Gasteiger partial charge in [0.15, 0.2) is 0 Å². The lowest BCUT2D eigenvalue weighted by molar-refractivity contribution is 1.10. The van der Waals surface area contributed by atoms with Gasteiger partial charge in [0.25, 0.3) is 0 Å². The van der Waals surface area contributed by atoms with Crippen molar-refractivity contribution in [3.8, 4) is 0 Å². The third kappa shape index (κ3) is 3.79. The van der Waals surface area contributed by atoms with Crippen LogP contribution in [0, 0.1) is 6.92 Å². The standard InChI is InChI=1S/C15H15ClS/c1-12-7-9-14(10-8-12)17-11-15(16)13-5-3-2-4-6-13/h2-10,15H,11H2,1H3. The van der Waals surface area contributed by atoms with E-state index in [-0.39, 0.29) is 5.38 Å². The number of hydrogen-bond donors (Lipinski definition) is 0. The van der Waals surface area contributed by atoms with Gasteiger partial charge in [-0.3, -0.25) is 0 Å². The summed E-state index contributed by atoms with van der Waals surface area (Å²) in [7, 11) is 0. The molecule has 17 heavy (non-hydrogen) atoms. The molecule has 0 aliphatic carbocycles. The number of alkyl halides is 1. The highest BCUT2D eigenvalue weighted by Crippen LogP contribution is 2.28. The van der Waals surface area contributed by atoms with Gasteiger partial charge >= 0.3 is 0 Å². The topological polar surface area (TPSA) is 0 Å². The van der Waals surface area contributed by atoms with E-state index in [2.05, 4.69) is 43.3 Å². The maximum atomic E-state index is 6.37. The molecule has 2 aromatic rings. The zero-order valence-electron chi connectivity index (χ0n) is 9.77. The summed E-state index contributed by atoms with van der Waals surface area (Å²) in [5.41, 5.74) is 2.48. The normalized spacial score (nSPS) is 12.4. The number of thioether (sulfide) groups is 1. The first-order chi connectivity index (χ1) is 8.25. The Kier molecular flexibility index (Phi) is 4.52. The fraction of sp³-hybridized carbons (Fsp3) is 0.200. The van der Waals surface area contributed by atoms with Crippen LogP contribution in [-0.2, 0) is 0 Å². The van der Waals surface area contributed by atoms with Gasteiger partial charge in [-0.1, -0.05) is 48.0 Å². The van der Waals surface area contributed by atoms with Crippen LogP contribution >= 0.6 is 23.4 Å². The van der Waals surface area contributed by atoms with E-state index in [0.29, 0.717) is 0 Å². The molecule has 0 saturated heterocycles. The Balaban J connectivity index is 1.92. The second kappa shape index (κ2) is 6.13. The number of benzene rings is 2. The lowest BCUT2D eigenvalue weighted by atomic mass is 10.2. The third-order valence-corrected chi connectivity index (χ3v) is 4.27. The quantitative estimate of drug-likeness (QED) is 0.548. The molecular formula is C15H15ClS. The first kappa shape index (κ1) is 12.5. The molecular weight excluding hydrogens is 248 g/mol. The van der Waals surface area contributed by atoms with Gasteiger partial charge in [-0.25, -0.2) is 0 Å². The molecule has 0 nitrogen and oxygen atoms in total. The summed E-state index contributed by atoms with van der Waals surface area (Å²) < 4.78 is 0. The molecule has 2 aromatic carbocycles. The SMILES string of the molecule is Cc1ccc(SCC(Cl)c2ccccc2)cc1. The molecule has 0 saturated carbocycles. The van der Waals surface area contributed by atoms with Crippen molar-refractivity contribution in [2.24, 2.45) is 0 Å². The van der Waals surface area contributed by atoms with Gasteiger partial charge in [0.2, 0.25) is 0 Å². The van der Waals surface area contributed by atoms with Crippen LogP contribution in [0.25, 0.3) is 0 Å². The van der Waals surface area contributed by atoms with Crippen molar-refractivity contribution >= 4 is 23.4 Å². The van der Waals surface area contributed by atoms with Crippen molar-refractivity contribution in [2.75, 3.05) is 5.75 Å². The van der Waals surface area contributed by atoms with Crippen LogP contribution in [0.5, 0.6) is 0 Å². The van der Waals surface area contributed by atoms with Crippen molar-refractivity contribution in [1.82, 2.24) is 0 Å². The van der Waals surface area contributed by atoms with Crippen molar-refractivity contribution in [3.05, 3.63) is 65.7 Å². The van der Waals surface area contributed by atoms with Gasteiger partial charge in [0.05, 0.1) is 5.38 Å². The average Bonchev–Trinajstić information content (AvgIpc) is 2.39. The Bertz CT molecular complexity index is 450. The summed E-state index contributed by atoms with van der Waals surface area (Å²) in [4.78, 5) is 1.28. The number of rotatable bonds is 4. The van der Waals surface area contributed by atoms with E-state index in [0.717, 1.165) is 5.75 Å². The monoisotopic (exact) mass is 262 g/mol. The first-order valence-electron chi connectivity index (χ1n) is 5.64. The average molecular weight is 263 g/mol. The molecule has 2 heteroatoms. The summed E-state index contributed by atoms with van der Waals surface area (Å²) in [6.45, 7) is 2.10. The highest BCUT2D eigenvalue weighted by atomic mass is 35.5. The third-order valence-electron chi connectivity index (χ3n) is 2.58. The highest BCUT2D eigenvalue weighted by molar-refractivity contribution is 7.99. The zero-order chi connectivity index (χ0) is 12.1. The fourth-order valence-electron chi connectivity index (χ4n) is 1.56. The zero-order valence-corrected chi connectivity index (χ0v) is 11.3. The lowest BCUT2D eigenvalue weighted by Crippen LogP contribution is -1.93. The Labute approximate surface area is 112 Å². The van der Waals surface area contributed by atoms with Crippen LogP contribution in [0.4, 0.5) is 0 Å². The molecule has 0 bridgehead atoms. The largest absolute Gasteiger partial charge is 0.124 e. The number of aryl methyl sites for hydroxylation is 1. The molecule has 0 fully saturated rings. The van der Waals surface area contributed by atoms with Crippen molar-refractivity contribution in [2.45, 2.75) is 17.2 Å². The Hall–Kier alpha value is -0.920. The molecule has 1 atom stereocenters. The lowest BCUT2D eigenvalue weighted by Gasteiger charge is -2.09. The number of hydrogen-bond acceptors (Lipinski definition) is 1. The fourth-order valence-corrected chi connectivity index (χ4v) is 2.76. The van der Waals surface area contributed by atoms with Crippen LogP contribution in [0.2, 0.25) is 0 Å². The summed E-state index contributed by atoms with van der Waals surface area (Å²) in [6.07, 6.45) is 0. The van der Waals surface area contributed by atoms with Crippen molar-refractivity contribution in [1.29, 1.82) is 0 Å². The highest BCUT2D eigenvalue weighted by Gasteiger charge is 2.07. The van der Waals surface area contributed by atoms with Gasteiger partial charge in [-0.2, -0.15) is 0 Å². The Morgan fingerprint density at radius 2 is 1.65 bits per heavy atom.